The predicted molar refractivity (Wildman–Crippen MR) is 96.8 cm³/mol. The molecule has 1 aromatic carbocycles. The van der Waals surface area contributed by atoms with E-state index in [0.29, 0.717) is 6.61 Å². The highest BCUT2D eigenvalue weighted by molar-refractivity contribution is 6.73. The third-order valence-corrected chi connectivity index (χ3v) is 9.59. The van der Waals surface area contributed by atoms with Gasteiger partial charge in [-0.05, 0) is 36.7 Å². The van der Waals surface area contributed by atoms with Crippen LogP contribution >= 0.6 is 0 Å². The van der Waals surface area contributed by atoms with Crippen LogP contribution in [0.25, 0.3) is 0 Å². The zero-order valence-electron chi connectivity index (χ0n) is 14.8. The van der Waals surface area contributed by atoms with Gasteiger partial charge in [-0.2, -0.15) is 0 Å². The van der Waals surface area contributed by atoms with E-state index in [2.05, 4.69) is 39.8 Å². The van der Waals surface area contributed by atoms with E-state index in [4.69, 9.17) is 13.9 Å². The van der Waals surface area contributed by atoms with Gasteiger partial charge in [-0.1, -0.05) is 51.1 Å². The molecule has 3 nitrogen and oxygen atoms in total. The van der Waals surface area contributed by atoms with Crippen LogP contribution in [0.4, 0.5) is 0 Å². The lowest BCUT2D eigenvalue weighted by Gasteiger charge is -2.39. The van der Waals surface area contributed by atoms with Crippen molar-refractivity contribution < 1.29 is 13.9 Å². The summed E-state index contributed by atoms with van der Waals surface area (Å²) in [5.41, 5.74) is 1.18. The van der Waals surface area contributed by atoms with Gasteiger partial charge >= 0.3 is 0 Å². The van der Waals surface area contributed by atoms with Gasteiger partial charge in [0.05, 0.1) is 19.0 Å². The first kappa shape index (κ1) is 18.2. The summed E-state index contributed by atoms with van der Waals surface area (Å²) in [4.78, 5) is 0. The molecular weight excluding hydrogens is 304 g/mol. The van der Waals surface area contributed by atoms with Gasteiger partial charge in [-0.15, -0.1) is 0 Å². The Labute approximate surface area is 141 Å². The van der Waals surface area contributed by atoms with Crippen LogP contribution in [0.2, 0.25) is 18.1 Å². The Morgan fingerprint density at radius 3 is 2.30 bits per heavy atom. The van der Waals surface area contributed by atoms with E-state index in [9.17, 15) is 0 Å². The van der Waals surface area contributed by atoms with Crippen molar-refractivity contribution in [3.63, 3.8) is 0 Å². The van der Waals surface area contributed by atoms with Crippen molar-refractivity contribution in [3.05, 3.63) is 48.2 Å². The smallest absolute Gasteiger partial charge is 0.193 e. The molecule has 0 aromatic heterocycles. The molecule has 2 rings (SSSR count). The third-order valence-electron chi connectivity index (χ3n) is 4.95. The van der Waals surface area contributed by atoms with Crippen LogP contribution in [-0.4, -0.2) is 26.6 Å². The average molecular weight is 335 g/mol. The van der Waals surface area contributed by atoms with Crippen molar-refractivity contribution in [2.75, 3.05) is 0 Å². The lowest BCUT2D eigenvalue weighted by molar-refractivity contribution is -0.0973. The minimum absolute atomic E-state index is 0.00554. The quantitative estimate of drug-likeness (QED) is 0.633. The van der Waals surface area contributed by atoms with Crippen LogP contribution in [0.5, 0.6) is 0 Å². The van der Waals surface area contributed by atoms with Crippen LogP contribution in [0.15, 0.2) is 42.7 Å². The minimum Gasteiger partial charge on any atom is -0.496 e. The Hall–Kier alpha value is -1.10. The molecule has 0 unspecified atom stereocenters. The number of hydrogen-bond donors (Lipinski definition) is 0. The summed E-state index contributed by atoms with van der Waals surface area (Å²) in [5, 5.41) is 0. The molecule has 0 saturated heterocycles. The van der Waals surface area contributed by atoms with Gasteiger partial charge in [-0.25, -0.2) is 0 Å². The summed E-state index contributed by atoms with van der Waals surface area (Å²) in [6.45, 7) is 9.41. The van der Waals surface area contributed by atoms with E-state index >= 15 is 0 Å². The normalized spacial score (nSPS) is 24.4. The first-order chi connectivity index (χ1) is 11.1. The van der Waals surface area contributed by atoms with Gasteiger partial charge in [0.1, 0.15) is 12.2 Å². The Balaban J connectivity index is 2.06. The van der Waals surface area contributed by atoms with E-state index in [1.807, 2.05) is 24.3 Å². The maximum Gasteiger partial charge on any atom is 0.193 e. The number of hydrogen-bond acceptors (Lipinski definition) is 3. The van der Waals surface area contributed by atoms with Crippen molar-refractivity contribution in [1.82, 2.24) is 0 Å². The van der Waals surface area contributed by atoms with Gasteiger partial charge in [0.2, 0.25) is 0 Å². The fourth-order valence-corrected chi connectivity index (χ4v) is 5.88. The molecule has 4 heteroatoms. The third kappa shape index (κ3) is 4.69. The second-order valence-corrected chi connectivity index (χ2v) is 11.0. The van der Waals surface area contributed by atoms with Gasteiger partial charge in [-0.3, -0.25) is 0 Å². The van der Waals surface area contributed by atoms with E-state index in [1.165, 1.54) is 5.56 Å². The molecular formula is C19H30O3Si. The average Bonchev–Trinajstić information content (AvgIpc) is 2.60. The lowest BCUT2D eigenvalue weighted by atomic mass is 10.1. The van der Waals surface area contributed by atoms with Gasteiger partial charge < -0.3 is 13.9 Å². The lowest BCUT2D eigenvalue weighted by Crippen LogP contribution is -2.49. The summed E-state index contributed by atoms with van der Waals surface area (Å²) in [7, 11) is -1.67. The molecule has 23 heavy (non-hydrogen) atoms. The second-order valence-electron chi connectivity index (χ2n) is 6.26. The fourth-order valence-electron chi connectivity index (χ4n) is 3.09. The topological polar surface area (TPSA) is 27.7 Å². The Bertz CT molecular complexity index is 476. The molecule has 0 N–H and O–H groups in total. The fraction of sp³-hybridized carbons (Fsp3) is 0.579. The molecule has 0 fully saturated rings. The van der Waals surface area contributed by atoms with Crippen molar-refractivity contribution in [2.45, 2.75) is 70.7 Å². The van der Waals surface area contributed by atoms with E-state index in [1.54, 1.807) is 6.26 Å². The van der Waals surface area contributed by atoms with Crippen molar-refractivity contribution in [1.29, 1.82) is 0 Å². The van der Waals surface area contributed by atoms with E-state index < -0.39 is 8.32 Å². The maximum atomic E-state index is 6.65. The monoisotopic (exact) mass is 334 g/mol. The largest absolute Gasteiger partial charge is 0.496 e. The predicted octanol–water partition coefficient (Wildman–Crippen LogP) is 4.89. The zero-order chi connectivity index (χ0) is 16.7. The minimum atomic E-state index is -1.67. The van der Waals surface area contributed by atoms with Gasteiger partial charge in [0, 0.05) is 0 Å². The molecule has 3 atom stereocenters. The van der Waals surface area contributed by atoms with E-state index in [-0.39, 0.29) is 18.3 Å². The van der Waals surface area contributed by atoms with E-state index in [0.717, 1.165) is 18.1 Å². The molecule has 0 amide bonds. The molecule has 1 aliphatic rings. The molecule has 128 valence electrons. The summed E-state index contributed by atoms with van der Waals surface area (Å²) < 4.78 is 18.5. The molecule has 1 aromatic rings. The summed E-state index contributed by atoms with van der Waals surface area (Å²) in [6, 6.07) is 13.7. The van der Waals surface area contributed by atoms with Crippen molar-refractivity contribution in [3.8, 4) is 0 Å². The Kier molecular flexibility index (Phi) is 6.87. The molecule has 0 aliphatic carbocycles. The van der Waals surface area contributed by atoms with Gasteiger partial charge in [0.15, 0.2) is 8.32 Å². The van der Waals surface area contributed by atoms with Crippen molar-refractivity contribution in [2.24, 2.45) is 0 Å². The SMILES string of the molecule is CC[Si](CC)(CC)O[C@H]1C=CO[C@@H](C)[C@H]1OCc1ccccc1. The molecule has 0 bridgehead atoms. The Morgan fingerprint density at radius 1 is 1.04 bits per heavy atom. The highest BCUT2D eigenvalue weighted by atomic mass is 28.4. The Morgan fingerprint density at radius 2 is 1.70 bits per heavy atom. The number of rotatable bonds is 8. The van der Waals surface area contributed by atoms with Crippen LogP contribution < -0.4 is 0 Å². The highest BCUT2D eigenvalue weighted by Crippen LogP contribution is 2.28. The highest BCUT2D eigenvalue weighted by Gasteiger charge is 2.38. The number of benzene rings is 1. The molecule has 0 spiro atoms. The summed E-state index contributed by atoms with van der Waals surface area (Å²) >= 11 is 0. The standard InChI is InChI=1S/C19H30O3Si/c1-5-23(6-2,7-3)22-18-13-14-20-16(4)19(18)21-15-17-11-9-8-10-12-17/h8-14,16,18-19H,5-7,15H2,1-4H3/t16-,18-,19+/m0/s1. The first-order valence-corrected chi connectivity index (χ1v) is 11.3. The van der Waals surface area contributed by atoms with Gasteiger partial charge in [0.25, 0.3) is 0 Å². The van der Waals surface area contributed by atoms with Crippen LogP contribution in [-0.2, 0) is 20.5 Å². The molecule has 0 saturated carbocycles. The molecule has 1 aliphatic heterocycles. The summed E-state index contributed by atoms with van der Waals surface area (Å²) in [6.07, 6.45) is 3.74. The first-order valence-electron chi connectivity index (χ1n) is 8.79. The molecule has 0 radical (unpaired) electrons. The van der Waals surface area contributed by atoms with Crippen LogP contribution in [0.3, 0.4) is 0 Å². The number of ether oxygens (including phenoxy) is 2. The second kappa shape index (κ2) is 8.67. The van der Waals surface area contributed by atoms with Crippen molar-refractivity contribution >= 4 is 8.32 Å². The molecule has 1 heterocycles. The van der Waals surface area contributed by atoms with Crippen LogP contribution in [0.1, 0.15) is 33.3 Å². The maximum absolute atomic E-state index is 6.65. The summed E-state index contributed by atoms with van der Waals surface area (Å²) in [5.74, 6) is 0. The van der Waals surface area contributed by atoms with Crippen LogP contribution in [0, 0.1) is 0 Å². The zero-order valence-corrected chi connectivity index (χ0v) is 15.8.